The second-order valence-electron chi connectivity index (χ2n) is 4.45. The molecule has 1 N–H and O–H groups in total. The van der Waals surface area contributed by atoms with Crippen molar-refractivity contribution in [2.45, 2.75) is 26.4 Å². The summed E-state index contributed by atoms with van der Waals surface area (Å²) in [4.78, 5) is 0. The topological polar surface area (TPSA) is 29.5 Å². The van der Waals surface area contributed by atoms with Gasteiger partial charge in [0.2, 0.25) is 0 Å². The molecule has 2 rings (SSSR count). The van der Waals surface area contributed by atoms with Crippen LogP contribution in [0.3, 0.4) is 0 Å². The highest BCUT2D eigenvalue weighted by atomic mass is 32.1. The van der Waals surface area contributed by atoms with Crippen LogP contribution in [0.4, 0.5) is 0 Å². The van der Waals surface area contributed by atoms with Crippen LogP contribution < -0.4 is 4.74 Å². The van der Waals surface area contributed by atoms with Gasteiger partial charge in [-0.15, -0.1) is 0 Å². The quantitative estimate of drug-likeness (QED) is 0.889. The first-order valence-electron chi connectivity index (χ1n) is 6.09. The van der Waals surface area contributed by atoms with Crippen LogP contribution >= 0.6 is 11.3 Å². The maximum atomic E-state index is 9.73. The summed E-state index contributed by atoms with van der Waals surface area (Å²) in [5.41, 5.74) is 3.29. The molecule has 0 spiro atoms. The zero-order valence-corrected chi connectivity index (χ0v) is 11.5. The monoisotopic (exact) mass is 262 g/mol. The van der Waals surface area contributed by atoms with E-state index in [0.29, 0.717) is 6.61 Å². The average Bonchev–Trinajstić information content (AvgIpc) is 2.84. The van der Waals surface area contributed by atoms with E-state index in [9.17, 15) is 5.11 Å². The highest BCUT2D eigenvalue weighted by molar-refractivity contribution is 7.07. The van der Waals surface area contributed by atoms with Crippen LogP contribution in [0.5, 0.6) is 5.75 Å². The summed E-state index contributed by atoms with van der Waals surface area (Å²) >= 11 is 1.70. The molecule has 18 heavy (non-hydrogen) atoms. The van der Waals surface area contributed by atoms with Gasteiger partial charge in [-0.25, -0.2) is 0 Å². The van der Waals surface area contributed by atoms with Crippen LogP contribution in [0.2, 0.25) is 0 Å². The first-order chi connectivity index (χ1) is 8.66. The highest BCUT2D eigenvalue weighted by Crippen LogP contribution is 2.26. The van der Waals surface area contributed by atoms with Gasteiger partial charge in [0, 0.05) is 12.0 Å². The number of aliphatic hydroxyl groups excluding tert-OH is 1. The molecule has 0 fully saturated rings. The molecule has 3 heteroatoms. The Bertz CT molecular complexity index is 489. The lowest BCUT2D eigenvalue weighted by Gasteiger charge is -2.14. The fourth-order valence-electron chi connectivity index (χ4n) is 1.84. The Morgan fingerprint density at radius 2 is 2.17 bits per heavy atom. The minimum atomic E-state index is -0.499. The van der Waals surface area contributed by atoms with Gasteiger partial charge in [0.1, 0.15) is 5.75 Å². The predicted molar refractivity (Wildman–Crippen MR) is 75.3 cm³/mol. The summed E-state index contributed by atoms with van der Waals surface area (Å²) in [5, 5.41) is 13.9. The number of ether oxygens (including phenoxy) is 1. The lowest BCUT2D eigenvalue weighted by molar-refractivity contribution is 0.191. The largest absolute Gasteiger partial charge is 0.493 e. The Balaban J connectivity index is 2.00. The first-order valence-corrected chi connectivity index (χ1v) is 7.03. The van der Waals surface area contributed by atoms with Gasteiger partial charge in [-0.3, -0.25) is 0 Å². The van der Waals surface area contributed by atoms with Crippen molar-refractivity contribution in [2.75, 3.05) is 6.61 Å². The van der Waals surface area contributed by atoms with Crippen LogP contribution in [0.25, 0.3) is 0 Å². The molecular weight excluding hydrogens is 244 g/mol. The van der Waals surface area contributed by atoms with E-state index in [1.807, 2.05) is 25.1 Å². The van der Waals surface area contributed by atoms with Gasteiger partial charge < -0.3 is 9.84 Å². The number of aryl methyl sites for hydroxylation is 1. The van der Waals surface area contributed by atoms with E-state index < -0.39 is 6.10 Å². The summed E-state index contributed by atoms with van der Waals surface area (Å²) < 4.78 is 5.77. The van der Waals surface area contributed by atoms with Gasteiger partial charge >= 0.3 is 0 Å². The average molecular weight is 262 g/mol. The van der Waals surface area contributed by atoms with Crippen molar-refractivity contribution in [2.24, 2.45) is 0 Å². The number of hydrogen-bond acceptors (Lipinski definition) is 3. The molecule has 0 unspecified atom stereocenters. The third-order valence-electron chi connectivity index (χ3n) is 2.84. The van der Waals surface area contributed by atoms with Crippen LogP contribution in [0.1, 0.15) is 29.7 Å². The van der Waals surface area contributed by atoms with Gasteiger partial charge in [0.05, 0.1) is 12.7 Å². The molecule has 1 aromatic carbocycles. The van der Waals surface area contributed by atoms with E-state index >= 15 is 0 Å². The minimum Gasteiger partial charge on any atom is -0.493 e. The smallest absolute Gasteiger partial charge is 0.125 e. The number of rotatable bonds is 5. The van der Waals surface area contributed by atoms with Crippen molar-refractivity contribution in [1.82, 2.24) is 0 Å². The molecule has 1 atom stereocenters. The van der Waals surface area contributed by atoms with Crippen molar-refractivity contribution in [3.05, 3.63) is 51.7 Å². The highest BCUT2D eigenvalue weighted by Gasteiger charge is 2.09. The Kier molecular flexibility index (Phi) is 4.39. The molecule has 2 nitrogen and oxygen atoms in total. The van der Waals surface area contributed by atoms with Gasteiger partial charge in [0.15, 0.2) is 0 Å². The number of thiophene rings is 1. The summed E-state index contributed by atoms with van der Waals surface area (Å²) in [5.74, 6) is 0.783. The summed E-state index contributed by atoms with van der Waals surface area (Å²) in [6, 6.07) is 8.03. The van der Waals surface area contributed by atoms with Crippen LogP contribution in [-0.4, -0.2) is 11.7 Å². The molecule has 0 saturated heterocycles. The fraction of sp³-hybridized carbons (Fsp3) is 0.333. The maximum Gasteiger partial charge on any atom is 0.125 e. The summed E-state index contributed by atoms with van der Waals surface area (Å²) in [6.45, 7) is 4.42. The fourth-order valence-corrected chi connectivity index (χ4v) is 2.54. The molecule has 0 aliphatic heterocycles. The molecule has 0 aliphatic rings. The minimum absolute atomic E-state index is 0.499. The van der Waals surface area contributed by atoms with Crippen molar-refractivity contribution >= 4 is 11.3 Å². The van der Waals surface area contributed by atoms with Crippen molar-refractivity contribution in [3.63, 3.8) is 0 Å². The van der Waals surface area contributed by atoms with E-state index in [2.05, 4.69) is 16.8 Å². The molecule has 2 aromatic rings. The van der Waals surface area contributed by atoms with E-state index in [0.717, 1.165) is 23.3 Å². The zero-order valence-electron chi connectivity index (χ0n) is 10.7. The lowest BCUT2D eigenvalue weighted by atomic mass is 10.1. The Morgan fingerprint density at radius 1 is 1.33 bits per heavy atom. The molecule has 96 valence electrons. The first kappa shape index (κ1) is 13.1. The normalized spacial score (nSPS) is 12.4. The molecular formula is C15H18O2S. The summed E-state index contributed by atoms with van der Waals surface area (Å²) in [6.07, 6.45) is 0.400. The third-order valence-corrected chi connectivity index (χ3v) is 3.58. The summed E-state index contributed by atoms with van der Waals surface area (Å²) in [7, 11) is 0. The van der Waals surface area contributed by atoms with Crippen molar-refractivity contribution in [1.29, 1.82) is 0 Å². The zero-order chi connectivity index (χ0) is 13.0. The van der Waals surface area contributed by atoms with Gasteiger partial charge in [-0.2, -0.15) is 11.3 Å². The Labute approximate surface area is 112 Å². The van der Waals surface area contributed by atoms with E-state index in [-0.39, 0.29) is 0 Å². The molecule has 0 amide bonds. The van der Waals surface area contributed by atoms with Gasteiger partial charge in [-0.1, -0.05) is 11.6 Å². The molecule has 1 aromatic heterocycles. The SMILES string of the molecule is Cc1ccc(OCCc2ccsc2)c([C@H](C)O)c1. The molecule has 1 heterocycles. The third kappa shape index (κ3) is 3.34. The lowest BCUT2D eigenvalue weighted by Crippen LogP contribution is -2.04. The molecule has 0 saturated carbocycles. The Hall–Kier alpha value is -1.32. The van der Waals surface area contributed by atoms with Crippen LogP contribution in [-0.2, 0) is 6.42 Å². The molecule has 0 radical (unpaired) electrons. The van der Waals surface area contributed by atoms with Gasteiger partial charge in [0.25, 0.3) is 0 Å². The number of aliphatic hydroxyl groups is 1. The van der Waals surface area contributed by atoms with Crippen LogP contribution in [0.15, 0.2) is 35.0 Å². The van der Waals surface area contributed by atoms with Crippen LogP contribution in [0, 0.1) is 6.92 Å². The second-order valence-corrected chi connectivity index (χ2v) is 5.23. The standard InChI is InChI=1S/C15H18O2S/c1-11-3-4-15(14(9-11)12(2)16)17-7-5-13-6-8-18-10-13/h3-4,6,8-10,12,16H,5,7H2,1-2H3/t12-/m0/s1. The number of hydrogen-bond donors (Lipinski definition) is 1. The van der Waals surface area contributed by atoms with E-state index in [1.165, 1.54) is 5.56 Å². The van der Waals surface area contributed by atoms with E-state index in [1.54, 1.807) is 18.3 Å². The maximum absolute atomic E-state index is 9.73. The molecule has 0 bridgehead atoms. The predicted octanol–water partition coefficient (Wildman–Crippen LogP) is 3.73. The van der Waals surface area contributed by atoms with E-state index in [4.69, 9.17) is 4.74 Å². The van der Waals surface area contributed by atoms with Gasteiger partial charge in [-0.05, 0) is 48.4 Å². The van der Waals surface area contributed by atoms with Crippen molar-refractivity contribution in [3.8, 4) is 5.75 Å². The molecule has 0 aliphatic carbocycles. The Morgan fingerprint density at radius 3 is 2.83 bits per heavy atom. The second kappa shape index (κ2) is 6.03. The van der Waals surface area contributed by atoms with Crippen molar-refractivity contribution < 1.29 is 9.84 Å². The number of benzene rings is 1.